The van der Waals surface area contributed by atoms with Gasteiger partial charge in [0.25, 0.3) is 5.91 Å². The van der Waals surface area contributed by atoms with Crippen molar-refractivity contribution in [2.45, 2.75) is 49.6 Å². The quantitative estimate of drug-likeness (QED) is 0.437. The van der Waals surface area contributed by atoms with E-state index in [-0.39, 0.29) is 11.8 Å². The average Bonchev–Trinajstić information content (AvgIpc) is 3.44. The summed E-state index contributed by atoms with van der Waals surface area (Å²) in [6, 6.07) is 11.0. The van der Waals surface area contributed by atoms with Crippen LogP contribution >= 0.6 is 11.8 Å². The Morgan fingerprint density at radius 1 is 1.08 bits per heavy atom. The monoisotopic (exact) mass is 534 g/mol. The number of H-pyrrole nitrogens is 1. The number of pyridine rings is 1. The van der Waals surface area contributed by atoms with E-state index < -0.39 is 6.09 Å². The Kier molecular flexibility index (Phi) is 8.60. The number of aromatic amines is 1. The lowest BCUT2D eigenvalue weighted by Gasteiger charge is -2.30. The summed E-state index contributed by atoms with van der Waals surface area (Å²) in [5.74, 6) is 0.744. The van der Waals surface area contributed by atoms with Crippen LogP contribution < -0.4 is 10.1 Å². The molecule has 2 aromatic heterocycles. The topological polar surface area (TPSA) is 103 Å². The molecule has 1 aromatic carbocycles. The maximum atomic E-state index is 12.7. The van der Waals surface area contributed by atoms with Gasteiger partial charge >= 0.3 is 6.09 Å². The predicted molar refractivity (Wildman–Crippen MR) is 147 cm³/mol. The highest BCUT2D eigenvalue weighted by molar-refractivity contribution is 7.99. The van der Waals surface area contributed by atoms with Crippen molar-refractivity contribution in [2.24, 2.45) is 5.92 Å². The second-order valence-corrected chi connectivity index (χ2v) is 11.4. The number of nitrogens with one attached hydrogen (secondary N) is 2. The number of thioether (sulfide) groups is 1. The first-order chi connectivity index (χ1) is 18.5. The molecule has 2 aliphatic rings. The van der Waals surface area contributed by atoms with Crippen molar-refractivity contribution in [3.8, 4) is 5.88 Å². The minimum absolute atomic E-state index is 0.204. The van der Waals surface area contributed by atoms with Crippen LogP contribution in [0.25, 0.3) is 0 Å². The van der Waals surface area contributed by atoms with Crippen molar-refractivity contribution < 1.29 is 14.3 Å². The Balaban J connectivity index is 1.07. The summed E-state index contributed by atoms with van der Waals surface area (Å²) in [6.45, 7) is 6.74. The van der Waals surface area contributed by atoms with Crippen molar-refractivity contribution in [3.05, 3.63) is 66.1 Å². The third-order valence-electron chi connectivity index (χ3n) is 7.00. The number of carbonyl (C=O) groups is 2. The summed E-state index contributed by atoms with van der Waals surface area (Å²) >= 11 is 1.71. The molecule has 0 aliphatic carbocycles. The number of amides is 2. The second-order valence-electron chi connectivity index (χ2n) is 10.1. The molecule has 4 heterocycles. The molecule has 0 spiro atoms. The fourth-order valence-corrected chi connectivity index (χ4v) is 5.97. The van der Waals surface area contributed by atoms with Gasteiger partial charge in [0, 0.05) is 55.5 Å². The van der Waals surface area contributed by atoms with Gasteiger partial charge < -0.3 is 19.9 Å². The fraction of sp³-hybridized carbons (Fsp3) is 0.429. The van der Waals surface area contributed by atoms with E-state index in [2.05, 4.69) is 32.1 Å². The van der Waals surface area contributed by atoms with Gasteiger partial charge in [-0.2, -0.15) is 0 Å². The zero-order chi connectivity index (χ0) is 26.3. The molecular weight excluding hydrogens is 500 g/mol. The van der Waals surface area contributed by atoms with Crippen LogP contribution in [0.1, 0.15) is 48.5 Å². The molecule has 9 nitrogen and oxygen atoms in total. The van der Waals surface area contributed by atoms with E-state index in [9.17, 15) is 9.59 Å². The van der Waals surface area contributed by atoms with E-state index in [0.29, 0.717) is 29.6 Å². The van der Waals surface area contributed by atoms with Gasteiger partial charge in [0.2, 0.25) is 5.88 Å². The van der Waals surface area contributed by atoms with E-state index in [1.165, 1.54) is 24.6 Å². The van der Waals surface area contributed by atoms with Gasteiger partial charge in [-0.25, -0.2) is 14.8 Å². The van der Waals surface area contributed by atoms with E-state index in [0.717, 1.165) is 43.6 Å². The molecule has 0 bridgehead atoms. The molecule has 2 fully saturated rings. The van der Waals surface area contributed by atoms with Crippen molar-refractivity contribution in [2.75, 3.05) is 31.5 Å². The molecule has 0 saturated carbocycles. The maximum absolute atomic E-state index is 12.7. The number of piperidine rings is 2. The van der Waals surface area contributed by atoms with Gasteiger partial charge in [0.05, 0.1) is 11.9 Å². The zero-order valence-electron chi connectivity index (χ0n) is 21.6. The normalized spacial score (nSPS) is 18.8. The van der Waals surface area contributed by atoms with Gasteiger partial charge in [0.1, 0.15) is 0 Å². The number of imidazole rings is 1. The molecule has 38 heavy (non-hydrogen) atoms. The number of hydrogen-bond donors (Lipinski definition) is 2. The highest BCUT2D eigenvalue weighted by Gasteiger charge is 2.25. The Labute approximate surface area is 227 Å². The zero-order valence-corrected chi connectivity index (χ0v) is 22.5. The molecule has 0 radical (unpaired) electrons. The number of rotatable bonds is 7. The first kappa shape index (κ1) is 26.2. The highest BCUT2D eigenvalue weighted by atomic mass is 32.2. The Hall–Kier alpha value is -3.37. The van der Waals surface area contributed by atoms with Crippen molar-refractivity contribution in [3.63, 3.8) is 0 Å². The van der Waals surface area contributed by atoms with Gasteiger partial charge in [0.15, 0.2) is 5.16 Å². The van der Waals surface area contributed by atoms with Crippen LogP contribution in [0.3, 0.4) is 0 Å². The predicted octanol–water partition coefficient (Wildman–Crippen LogP) is 5.04. The Morgan fingerprint density at radius 3 is 2.58 bits per heavy atom. The Morgan fingerprint density at radius 2 is 1.89 bits per heavy atom. The molecular formula is C28H34N6O3S. The molecule has 1 unspecified atom stereocenters. The lowest BCUT2D eigenvalue weighted by Crippen LogP contribution is -2.41. The van der Waals surface area contributed by atoms with Crippen LogP contribution in [0, 0.1) is 5.92 Å². The first-order valence-electron chi connectivity index (χ1n) is 13.2. The average molecular weight is 535 g/mol. The lowest BCUT2D eigenvalue weighted by atomic mass is 9.99. The Bertz CT molecular complexity index is 1190. The van der Waals surface area contributed by atoms with Gasteiger partial charge in [-0.05, 0) is 61.9 Å². The van der Waals surface area contributed by atoms with Gasteiger partial charge in [-0.15, -0.1) is 0 Å². The number of hydrogen-bond acceptors (Lipinski definition) is 7. The van der Waals surface area contributed by atoms with Crippen LogP contribution in [-0.4, -0.2) is 68.2 Å². The fourth-order valence-electron chi connectivity index (χ4n) is 4.95. The lowest BCUT2D eigenvalue weighted by molar-refractivity contribution is 0.102. The molecule has 1 atom stereocenters. The van der Waals surface area contributed by atoms with E-state index >= 15 is 0 Å². The van der Waals surface area contributed by atoms with E-state index in [1.54, 1.807) is 35.0 Å². The number of benzene rings is 1. The maximum Gasteiger partial charge on any atom is 0.416 e. The van der Waals surface area contributed by atoms with Gasteiger partial charge in [-0.3, -0.25) is 9.69 Å². The van der Waals surface area contributed by atoms with Crippen molar-refractivity contribution >= 4 is 29.4 Å². The summed E-state index contributed by atoms with van der Waals surface area (Å²) in [5, 5.41) is 4.18. The summed E-state index contributed by atoms with van der Waals surface area (Å²) < 4.78 is 5.46. The minimum Gasteiger partial charge on any atom is -0.391 e. The molecule has 3 aromatic rings. The first-order valence-corrected chi connectivity index (χ1v) is 14.1. The molecule has 200 valence electrons. The van der Waals surface area contributed by atoms with Crippen LogP contribution in [0.15, 0.2) is 60.1 Å². The number of likely N-dealkylation sites (tertiary alicyclic amines) is 2. The minimum atomic E-state index is -0.408. The number of aromatic nitrogens is 3. The molecule has 2 amide bonds. The number of anilines is 1. The van der Waals surface area contributed by atoms with Crippen LogP contribution in [-0.2, 0) is 6.54 Å². The summed E-state index contributed by atoms with van der Waals surface area (Å²) in [7, 11) is 0. The van der Waals surface area contributed by atoms with E-state index in [4.69, 9.17) is 4.74 Å². The largest absolute Gasteiger partial charge is 0.416 e. The SMILES string of the molecule is CC1CCCN(Cc2ccc(C(=O)Nc3ccc(OC(=O)N4CCC(Sc5ncc[nH]5)CC4)nc3)cc2)C1. The van der Waals surface area contributed by atoms with Crippen LogP contribution in [0.4, 0.5) is 10.5 Å². The highest BCUT2D eigenvalue weighted by Crippen LogP contribution is 2.28. The summed E-state index contributed by atoms with van der Waals surface area (Å²) in [5.41, 5.74) is 2.34. The summed E-state index contributed by atoms with van der Waals surface area (Å²) in [6.07, 6.45) is 8.95. The third kappa shape index (κ3) is 7.14. The standard InChI is InChI=1S/C28H34N6O3S/c1-20-3-2-14-33(18-20)19-21-4-6-22(7-5-21)26(35)32-23-8-9-25(31-17-23)37-28(36)34-15-10-24(11-16-34)38-27-29-12-13-30-27/h4-9,12-13,17,20,24H,2-3,10-11,14-16,18-19H2,1H3,(H,29,30)(H,32,35). The van der Waals surface area contributed by atoms with Crippen molar-refractivity contribution in [1.29, 1.82) is 0 Å². The molecule has 10 heteroatoms. The summed E-state index contributed by atoms with van der Waals surface area (Å²) in [4.78, 5) is 41.0. The van der Waals surface area contributed by atoms with Crippen LogP contribution in [0.5, 0.6) is 5.88 Å². The van der Waals surface area contributed by atoms with Crippen molar-refractivity contribution in [1.82, 2.24) is 24.8 Å². The smallest absolute Gasteiger partial charge is 0.391 e. The number of carbonyl (C=O) groups excluding carboxylic acids is 2. The second kappa shape index (κ2) is 12.4. The molecule has 2 N–H and O–H groups in total. The van der Waals surface area contributed by atoms with Crippen LogP contribution in [0.2, 0.25) is 0 Å². The number of nitrogens with zero attached hydrogens (tertiary/aromatic N) is 4. The molecule has 5 rings (SSSR count). The molecule has 2 saturated heterocycles. The number of ether oxygens (including phenoxy) is 1. The molecule has 2 aliphatic heterocycles. The van der Waals surface area contributed by atoms with E-state index in [1.807, 2.05) is 30.5 Å². The third-order valence-corrected chi connectivity index (χ3v) is 8.25. The van der Waals surface area contributed by atoms with Gasteiger partial charge in [-0.1, -0.05) is 30.8 Å².